The lowest BCUT2D eigenvalue weighted by molar-refractivity contribution is 0.585. The Morgan fingerprint density at radius 1 is 1.00 bits per heavy atom. The number of rotatable bonds is 4. The van der Waals surface area contributed by atoms with E-state index in [1.54, 1.807) is 36.4 Å². The van der Waals surface area contributed by atoms with Crippen LogP contribution in [0.25, 0.3) is 22.0 Å². The molecule has 28 heavy (non-hydrogen) atoms. The molecule has 0 aliphatic heterocycles. The van der Waals surface area contributed by atoms with Crippen LogP contribution in [0.4, 0.5) is 0 Å². The highest BCUT2D eigenvalue weighted by molar-refractivity contribution is 9.10. The predicted octanol–water partition coefficient (Wildman–Crippen LogP) is 6.34. The molecule has 0 spiro atoms. The summed E-state index contributed by atoms with van der Waals surface area (Å²) in [5, 5.41) is 1.21. The van der Waals surface area contributed by atoms with Crippen molar-refractivity contribution in [2.24, 2.45) is 0 Å². The zero-order valence-electron chi connectivity index (χ0n) is 16.3. The van der Waals surface area contributed by atoms with Crippen molar-refractivity contribution in [2.75, 3.05) is 6.26 Å². The summed E-state index contributed by atoms with van der Waals surface area (Å²) >= 11 is 4.80. The summed E-state index contributed by atoms with van der Waals surface area (Å²) in [7, 11) is -3.84. The highest BCUT2D eigenvalue weighted by Crippen LogP contribution is 2.42. The molecule has 0 aliphatic rings. The van der Waals surface area contributed by atoms with Gasteiger partial charge in [-0.1, -0.05) is 64.0 Å². The van der Waals surface area contributed by atoms with Crippen LogP contribution < -0.4 is 0 Å². The molecule has 142 valence electrons. The van der Waals surface area contributed by atoms with Crippen molar-refractivity contribution in [2.45, 2.75) is 16.8 Å². The first-order valence-electron chi connectivity index (χ1n) is 9.11. The highest BCUT2D eigenvalue weighted by atomic mass is 79.9. The fraction of sp³-hybridized carbons (Fsp3) is 0.0909. The van der Waals surface area contributed by atoms with Gasteiger partial charge in [0, 0.05) is 15.4 Å². The molecule has 1 heterocycles. The van der Waals surface area contributed by atoms with E-state index < -0.39 is 10.0 Å². The Morgan fingerprint density at radius 3 is 2.32 bits per heavy atom. The summed E-state index contributed by atoms with van der Waals surface area (Å²) in [5.74, 6) is 0. The predicted molar refractivity (Wildman–Crippen MR) is 121 cm³/mol. The molecule has 0 amide bonds. The van der Waals surface area contributed by atoms with Crippen molar-refractivity contribution in [1.29, 1.82) is 0 Å². The average Bonchev–Trinajstić information content (AvgIpc) is 3.07. The van der Waals surface area contributed by atoms with E-state index in [-0.39, 0.29) is 10.9 Å². The van der Waals surface area contributed by atoms with Crippen LogP contribution in [0.2, 0.25) is 0 Å². The normalized spacial score (nSPS) is 12.3. The van der Waals surface area contributed by atoms with E-state index in [0.717, 1.165) is 16.7 Å². The van der Waals surface area contributed by atoms with Gasteiger partial charge in [-0.05, 0) is 49.1 Å². The lowest BCUT2D eigenvalue weighted by Gasteiger charge is -2.12. The molecule has 0 saturated carbocycles. The number of thioether (sulfide) groups is 1. The Kier molecular flexibility index (Phi) is 4.78. The number of hydrogen-bond donors (Lipinski definition) is 0. The number of hydrogen-bond acceptors (Lipinski definition) is 3. The van der Waals surface area contributed by atoms with Crippen molar-refractivity contribution >= 4 is 48.6 Å². The minimum absolute atomic E-state index is 0.226. The van der Waals surface area contributed by atoms with Gasteiger partial charge >= 0.3 is 0 Å². The van der Waals surface area contributed by atoms with Gasteiger partial charge < -0.3 is 0 Å². The highest BCUT2D eigenvalue weighted by Gasteiger charge is 2.27. The van der Waals surface area contributed by atoms with E-state index in [1.807, 2.05) is 43.5 Å². The molecule has 3 aromatic carbocycles. The molecule has 0 bridgehead atoms. The molecule has 4 aromatic rings. The van der Waals surface area contributed by atoms with E-state index in [2.05, 4.69) is 15.9 Å². The molecule has 4 rings (SSSR count). The SMILES string of the molecule is [2H]c1c(Br)ccc2c1c(-c1ccccc1)c(SC)n2S(=O)(=O)c1ccc(C)cc1. The van der Waals surface area contributed by atoms with Crippen LogP contribution in [0, 0.1) is 6.92 Å². The molecular weight excluding hydrogens is 454 g/mol. The summed E-state index contributed by atoms with van der Waals surface area (Å²) in [6, 6.07) is 20.2. The van der Waals surface area contributed by atoms with Crippen molar-refractivity contribution in [3.63, 3.8) is 0 Å². The van der Waals surface area contributed by atoms with E-state index in [1.165, 1.54) is 15.7 Å². The minimum atomic E-state index is -3.84. The summed E-state index contributed by atoms with van der Waals surface area (Å²) in [6.07, 6.45) is 1.86. The fourth-order valence-corrected chi connectivity index (χ4v) is 6.20. The Balaban J connectivity index is 2.16. The van der Waals surface area contributed by atoms with Crippen LogP contribution in [0.15, 0.2) is 87.2 Å². The van der Waals surface area contributed by atoms with E-state index in [4.69, 9.17) is 1.37 Å². The van der Waals surface area contributed by atoms with Crippen LogP contribution in [0.5, 0.6) is 0 Å². The van der Waals surface area contributed by atoms with Crippen LogP contribution in [-0.4, -0.2) is 18.6 Å². The lowest BCUT2D eigenvalue weighted by atomic mass is 10.1. The average molecular weight is 473 g/mol. The molecule has 0 fully saturated rings. The third-order valence-corrected chi connectivity index (χ3v) is 7.65. The second-order valence-electron chi connectivity index (χ2n) is 6.40. The quantitative estimate of drug-likeness (QED) is 0.325. The van der Waals surface area contributed by atoms with Crippen molar-refractivity contribution < 1.29 is 9.79 Å². The van der Waals surface area contributed by atoms with Crippen molar-refractivity contribution in [3.05, 3.63) is 82.8 Å². The number of nitrogens with zero attached hydrogens (tertiary/aromatic N) is 1. The molecule has 1 aromatic heterocycles. The summed E-state index contributed by atoms with van der Waals surface area (Å²) < 4.78 is 38.0. The summed E-state index contributed by atoms with van der Waals surface area (Å²) in [6.45, 7) is 1.92. The molecular formula is C22H18BrNO2S2. The molecule has 0 unspecified atom stereocenters. The smallest absolute Gasteiger partial charge is 0.227 e. The molecule has 3 nitrogen and oxygen atoms in total. The van der Waals surface area contributed by atoms with Crippen molar-refractivity contribution in [3.8, 4) is 11.1 Å². The van der Waals surface area contributed by atoms with Crippen LogP contribution >= 0.6 is 27.7 Å². The number of aryl methyl sites for hydroxylation is 1. The van der Waals surface area contributed by atoms with Crippen molar-refractivity contribution in [1.82, 2.24) is 3.97 Å². The molecule has 6 heteroatoms. The summed E-state index contributed by atoms with van der Waals surface area (Å²) in [4.78, 5) is 0.226. The second-order valence-corrected chi connectivity index (χ2v) is 9.84. The van der Waals surface area contributed by atoms with Crippen LogP contribution in [-0.2, 0) is 10.0 Å². The van der Waals surface area contributed by atoms with Crippen LogP contribution in [0.3, 0.4) is 0 Å². The Bertz CT molecular complexity index is 1310. The van der Waals surface area contributed by atoms with Gasteiger partial charge in [-0.2, -0.15) is 0 Å². The lowest BCUT2D eigenvalue weighted by Crippen LogP contribution is -2.14. The third-order valence-electron chi connectivity index (χ3n) is 4.57. The van der Waals surface area contributed by atoms with Gasteiger partial charge in [0.1, 0.15) is 0 Å². The van der Waals surface area contributed by atoms with Gasteiger partial charge in [-0.25, -0.2) is 12.4 Å². The number of benzene rings is 3. The van der Waals surface area contributed by atoms with E-state index in [0.29, 0.717) is 20.4 Å². The van der Waals surface area contributed by atoms with Gasteiger partial charge in [0.25, 0.3) is 10.0 Å². The van der Waals surface area contributed by atoms with Gasteiger partial charge in [0.15, 0.2) is 0 Å². The van der Waals surface area contributed by atoms with Gasteiger partial charge in [-0.3, -0.25) is 0 Å². The largest absolute Gasteiger partial charge is 0.269 e. The molecule has 0 radical (unpaired) electrons. The number of aromatic nitrogens is 1. The topological polar surface area (TPSA) is 39.1 Å². The maximum atomic E-state index is 13.7. The number of halogens is 1. The Hall–Kier alpha value is -2.02. The van der Waals surface area contributed by atoms with Crippen LogP contribution in [0.1, 0.15) is 6.93 Å². The third kappa shape index (κ3) is 3.19. The first-order valence-corrected chi connectivity index (χ1v) is 12.1. The minimum Gasteiger partial charge on any atom is -0.227 e. The fourth-order valence-electron chi connectivity index (χ4n) is 3.25. The number of fused-ring (bicyclic) bond motifs is 1. The summed E-state index contributed by atoms with van der Waals surface area (Å²) in [5.41, 5.74) is 3.14. The Labute approximate surface area is 179 Å². The van der Waals surface area contributed by atoms with Gasteiger partial charge in [-0.15, -0.1) is 11.8 Å². The molecule has 0 aliphatic carbocycles. The maximum Gasteiger partial charge on any atom is 0.269 e. The first kappa shape index (κ1) is 18.0. The molecule has 0 N–H and O–H groups in total. The monoisotopic (exact) mass is 472 g/mol. The van der Waals surface area contributed by atoms with E-state index in [9.17, 15) is 8.42 Å². The maximum absolute atomic E-state index is 13.7. The molecule has 0 saturated heterocycles. The zero-order valence-corrected chi connectivity index (χ0v) is 18.5. The van der Waals surface area contributed by atoms with Gasteiger partial charge in [0.2, 0.25) is 0 Å². The molecule has 0 atom stereocenters. The zero-order chi connectivity index (χ0) is 20.8. The second kappa shape index (κ2) is 7.43. The Morgan fingerprint density at radius 2 is 1.68 bits per heavy atom. The van der Waals surface area contributed by atoms with E-state index >= 15 is 0 Å². The standard InChI is InChI=1S/C22H18BrNO2S2/c1-15-8-11-18(12-9-15)28(25,26)24-20-13-10-17(23)14-19(20)21(22(24)27-2)16-6-4-3-5-7-16/h3-14H,1-2H3/i14D. The first-order chi connectivity index (χ1) is 13.9. The van der Waals surface area contributed by atoms with Gasteiger partial charge in [0.05, 0.1) is 16.8 Å².